The molecule has 0 aliphatic carbocycles. The number of rotatable bonds is 3. The first-order chi connectivity index (χ1) is 13.4. The van der Waals surface area contributed by atoms with E-state index >= 15 is 0 Å². The predicted octanol–water partition coefficient (Wildman–Crippen LogP) is 4.70. The maximum absolute atomic E-state index is 13.1. The van der Waals surface area contributed by atoms with E-state index in [1.807, 2.05) is 41.3 Å². The molecule has 0 bridgehead atoms. The van der Waals surface area contributed by atoms with Gasteiger partial charge in [-0.3, -0.25) is 9.69 Å². The zero-order valence-electron chi connectivity index (χ0n) is 16.0. The van der Waals surface area contributed by atoms with E-state index in [-0.39, 0.29) is 23.8 Å². The van der Waals surface area contributed by atoms with Gasteiger partial charge in [-0.25, -0.2) is 4.39 Å². The van der Waals surface area contributed by atoms with Crippen LogP contribution in [0, 0.1) is 5.82 Å². The lowest BCUT2D eigenvalue weighted by molar-refractivity contribution is 0.0287. The first kappa shape index (κ1) is 19.0. The van der Waals surface area contributed by atoms with Crippen LogP contribution in [0.5, 0.6) is 0 Å². The smallest absolute Gasteiger partial charge is 0.270 e. The van der Waals surface area contributed by atoms with Crippen LogP contribution < -0.4 is 0 Å². The summed E-state index contributed by atoms with van der Waals surface area (Å²) in [5, 5.41) is 1.59. The molecule has 4 nitrogen and oxygen atoms in total. The van der Waals surface area contributed by atoms with Gasteiger partial charge in [0, 0.05) is 47.6 Å². The number of hydrogen-bond acceptors (Lipinski definition) is 2. The van der Waals surface area contributed by atoms with Gasteiger partial charge in [-0.2, -0.15) is 0 Å². The molecule has 1 fully saturated rings. The molecule has 1 N–H and O–H groups in total. The Morgan fingerprint density at radius 1 is 1.11 bits per heavy atom. The van der Waals surface area contributed by atoms with Crippen molar-refractivity contribution >= 4 is 28.4 Å². The molecule has 0 radical (unpaired) electrons. The standard InChI is InChI=1S/C22H23ClFN3O/c1-14-12-27(15(2)11-26(14)13-16-3-6-19(24)7-4-16)22(28)21-10-17-9-18(23)5-8-20(17)25-21/h3-10,14-15,25H,11-13H2,1-2H3/t14-,15+/m1/s1. The minimum atomic E-state index is -0.222. The van der Waals surface area contributed by atoms with Crippen LogP contribution in [-0.2, 0) is 6.54 Å². The fourth-order valence-corrected chi connectivity index (χ4v) is 4.08. The summed E-state index contributed by atoms with van der Waals surface area (Å²) in [5.41, 5.74) is 2.57. The Bertz CT molecular complexity index is 1000. The van der Waals surface area contributed by atoms with Gasteiger partial charge in [0.2, 0.25) is 0 Å². The van der Waals surface area contributed by atoms with E-state index in [9.17, 15) is 9.18 Å². The van der Waals surface area contributed by atoms with Crippen molar-refractivity contribution in [2.45, 2.75) is 32.5 Å². The number of aromatic amines is 1. The van der Waals surface area contributed by atoms with Crippen LogP contribution in [0.25, 0.3) is 10.9 Å². The Labute approximate surface area is 168 Å². The van der Waals surface area contributed by atoms with E-state index in [4.69, 9.17) is 11.6 Å². The second-order valence-corrected chi connectivity index (χ2v) is 8.06. The molecule has 1 aromatic heterocycles. The molecule has 2 heterocycles. The van der Waals surface area contributed by atoms with Gasteiger partial charge in [0.25, 0.3) is 5.91 Å². The Hall–Kier alpha value is -2.37. The van der Waals surface area contributed by atoms with Gasteiger partial charge >= 0.3 is 0 Å². The topological polar surface area (TPSA) is 39.3 Å². The highest BCUT2D eigenvalue weighted by Crippen LogP contribution is 2.24. The van der Waals surface area contributed by atoms with Crippen molar-refractivity contribution in [3.8, 4) is 0 Å². The van der Waals surface area contributed by atoms with E-state index in [2.05, 4.69) is 23.7 Å². The van der Waals surface area contributed by atoms with E-state index in [1.165, 1.54) is 12.1 Å². The largest absolute Gasteiger partial charge is 0.351 e. The number of nitrogens with one attached hydrogen (secondary N) is 1. The van der Waals surface area contributed by atoms with Gasteiger partial charge < -0.3 is 9.88 Å². The summed E-state index contributed by atoms with van der Waals surface area (Å²) in [7, 11) is 0. The molecule has 3 aromatic rings. The highest BCUT2D eigenvalue weighted by atomic mass is 35.5. The van der Waals surface area contributed by atoms with Gasteiger partial charge in [0.15, 0.2) is 0 Å². The number of halogens is 2. The van der Waals surface area contributed by atoms with Crippen molar-refractivity contribution in [1.82, 2.24) is 14.8 Å². The summed E-state index contributed by atoms with van der Waals surface area (Å²) >= 11 is 6.05. The fourth-order valence-electron chi connectivity index (χ4n) is 3.90. The van der Waals surface area contributed by atoms with Gasteiger partial charge in [-0.1, -0.05) is 23.7 Å². The van der Waals surface area contributed by atoms with Crippen LogP contribution in [0.3, 0.4) is 0 Å². The van der Waals surface area contributed by atoms with E-state index in [0.29, 0.717) is 17.3 Å². The summed E-state index contributed by atoms with van der Waals surface area (Å²) in [6.45, 7) is 6.37. The average molecular weight is 400 g/mol. The molecular formula is C22H23ClFN3O. The molecule has 2 atom stereocenters. The minimum Gasteiger partial charge on any atom is -0.351 e. The lowest BCUT2D eigenvalue weighted by atomic mass is 10.1. The number of fused-ring (bicyclic) bond motifs is 1. The first-order valence-electron chi connectivity index (χ1n) is 9.48. The molecule has 0 spiro atoms. The molecule has 0 saturated carbocycles. The van der Waals surface area contributed by atoms with Crippen molar-refractivity contribution in [2.24, 2.45) is 0 Å². The Balaban J connectivity index is 1.48. The third-order valence-electron chi connectivity index (χ3n) is 5.49. The molecule has 6 heteroatoms. The van der Waals surface area contributed by atoms with Crippen molar-refractivity contribution in [3.05, 3.63) is 70.6 Å². The fraction of sp³-hybridized carbons (Fsp3) is 0.318. The number of aromatic nitrogens is 1. The normalized spacial score (nSPS) is 20.6. The van der Waals surface area contributed by atoms with Crippen molar-refractivity contribution < 1.29 is 9.18 Å². The Morgan fingerprint density at radius 3 is 2.61 bits per heavy atom. The zero-order chi connectivity index (χ0) is 19.8. The SMILES string of the molecule is C[C@@H]1CN(C(=O)c2cc3cc(Cl)ccc3[nH]2)[C@@H](C)CN1Cc1ccc(F)cc1. The van der Waals surface area contributed by atoms with Crippen LogP contribution in [0.1, 0.15) is 29.9 Å². The molecule has 0 unspecified atom stereocenters. The number of hydrogen-bond donors (Lipinski definition) is 1. The van der Waals surface area contributed by atoms with Gasteiger partial charge in [-0.05, 0) is 55.8 Å². The van der Waals surface area contributed by atoms with Crippen LogP contribution in [0.2, 0.25) is 5.02 Å². The van der Waals surface area contributed by atoms with Crippen molar-refractivity contribution in [3.63, 3.8) is 0 Å². The highest BCUT2D eigenvalue weighted by molar-refractivity contribution is 6.31. The molecule has 146 valence electrons. The molecule has 1 amide bonds. The maximum atomic E-state index is 13.1. The quantitative estimate of drug-likeness (QED) is 0.693. The van der Waals surface area contributed by atoms with E-state index in [0.717, 1.165) is 29.6 Å². The van der Waals surface area contributed by atoms with Crippen LogP contribution in [0.15, 0.2) is 48.5 Å². The minimum absolute atomic E-state index is 0.00750. The Morgan fingerprint density at radius 2 is 1.86 bits per heavy atom. The third kappa shape index (κ3) is 3.77. The summed E-state index contributed by atoms with van der Waals surface area (Å²) in [6.07, 6.45) is 0. The lowest BCUT2D eigenvalue weighted by Gasteiger charge is -2.44. The monoisotopic (exact) mass is 399 g/mol. The van der Waals surface area contributed by atoms with Gasteiger partial charge in [-0.15, -0.1) is 0 Å². The maximum Gasteiger partial charge on any atom is 0.270 e. The second kappa shape index (κ2) is 7.57. The van der Waals surface area contributed by atoms with Crippen LogP contribution >= 0.6 is 11.6 Å². The second-order valence-electron chi connectivity index (χ2n) is 7.63. The molecule has 4 rings (SSSR count). The summed E-state index contributed by atoms with van der Waals surface area (Å²) in [6, 6.07) is 14.3. The molecule has 1 aliphatic rings. The van der Waals surface area contributed by atoms with E-state index < -0.39 is 0 Å². The average Bonchev–Trinajstić information content (AvgIpc) is 3.09. The number of carbonyl (C=O) groups excluding carboxylic acids is 1. The summed E-state index contributed by atoms with van der Waals surface area (Å²) < 4.78 is 13.1. The van der Waals surface area contributed by atoms with Crippen molar-refractivity contribution in [2.75, 3.05) is 13.1 Å². The molecule has 2 aromatic carbocycles. The lowest BCUT2D eigenvalue weighted by Crippen LogP contribution is -2.57. The number of benzene rings is 2. The molecular weight excluding hydrogens is 377 g/mol. The third-order valence-corrected chi connectivity index (χ3v) is 5.72. The Kier molecular flexibility index (Phi) is 5.13. The number of H-pyrrole nitrogens is 1. The predicted molar refractivity (Wildman–Crippen MR) is 110 cm³/mol. The molecule has 1 aliphatic heterocycles. The van der Waals surface area contributed by atoms with Gasteiger partial charge in [0.1, 0.15) is 11.5 Å². The number of nitrogens with zero attached hydrogens (tertiary/aromatic N) is 2. The first-order valence-corrected chi connectivity index (χ1v) is 9.86. The number of amides is 1. The number of piperazine rings is 1. The van der Waals surface area contributed by atoms with Crippen LogP contribution in [-0.4, -0.2) is 45.9 Å². The van der Waals surface area contributed by atoms with Gasteiger partial charge in [0.05, 0.1) is 0 Å². The molecule has 28 heavy (non-hydrogen) atoms. The summed E-state index contributed by atoms with van der Waals surface area (Å²) in [5.74, 6) is -0.215. The van der Waals surface area contributed by atoms with Crippen LogP contribution in [0.4, 0.5) is 4.39 Å². The highest BCUT2D eigenvalue weighted by Gasteiger charge is 2.33. The summed E-state index contributed by atoms with van der Waals surface area (Å²) in [4.78, 5) is 20.6. The molecule has 1 saturated heterocycles. The zero-order valence-corrected chi connectivity index (χ0v) is 16.7. The van der Waals surface area contributed by atoms with E-state index in [1.54, 1.807) is 0 Å². The number of carbonyl (C=O) groups is 1. The van der Waals surface area contributed by atoms with Crippen molar-refractivity contribution in [1.29, 1.82) is 0 Å².